The maximum absolute atomic E-state index is 12.3. The van der Waals surface area contributed by atoms with E-state index >= 15 is 0 Å². The van der Waals surface area contributed by atoms with Gasteiger partial charge >= 0.3 is 0 Å². The van der Waals surface area contributed by atoms with Crippen LogP contribution in [0.2, 0.25) is 0 Å². The average molecular weight is 408 g/mol. The molecule has 0 bridgehead atoms. The molecule has 6 nitrogen and oxygen atoms in total. The molecule has 30 heavy (non-hydrogen) atoms. The number of oxazole rings is 1. The van der Waals surface area contributed by atoms with Crippen molar-refractivity contribution in [3.63, 3.8) is 0 Å². The van der Waals surface area contributed by atoms with Gasteiger partial charge in [-0.25, -0.2) is 4.98 Å². The molecule has 0 spiro atoms. The van der Waals surface area contributed by atoms with Crippen LogP contribution in [0.1, 0.15) is 66.9 Å². The van der Waals surface area contributed by atoms with E-state index in [1.807, 2.05) is 6.07 Å². The van der Waals surface area contributed by atoms with Crippen molar-refractivity contribution in [1.29, 1.82) is 0 Å². The van der Waals surface area contributed by atoms with Gasteiger partial charge in [0.05, 0.1) is 19.4 Å². The summed E-state index contributed by atoms with van der Waals surface area (Å²) in [4.78, 5) is 19.1. The van der Waals surface area contributed by atoms with E-state index < -0.39 is 0 Å². The third kappa shape index (κ3) is 5.19. The summed E-state index contributed by atoms with van der Waals surface area (Å²) in [7, 11) is 0. The molecule has 1 aromatic carbocycles. The van der Waals surface area contributed by atoms with E-state index in [0.29, 0.717) is 36.5 Å². The summed E-state index contributed by atoms with van der Waals surface area (Å²) in [6.07, 6.45) is 5.39. The van der Waals surface area contributed by atoms with Crippen molar-refractivity contribution in [2.75, 3.05) is 0 Å². The summed E-state index contributed by atoms with van der Waals surface area (Å²) in [5.74, 6) is 0.998. The van der Waals surface area contributed by atoms with Gasteiger partial charge in [-0.2, -0.15) is 0 Å². The third-order valence-electron chi connectivity index (χ3n) is 5.39. The second-order valence-corrected chi connectivity index (χ2v) is 8.97. The summed E-state index contributed by atoms with van der Waals surface area (Å²) in [6.45, 7) is 8.44. The molecule has 6 heteroatoms. The highest BCUT2D eigenvalue weighted by Crippen LogP contribution is 2.30. The Bertz CT molecular complexity index is 964. The quantitative estimate of drug-likeness (QED) is 0.588. The van der Waals surface area contributed by atoms with Crippen LogP contribution in [0, 0.1) is 0 Å². The van der Waals surface area contributed by atoms with Crippen molar-refractivity contribution >= 4 is 5.91 Å². The number of nitrogens with zero attached hydrogens (tertiary/aromatic N) is 2. The topological polar surface area (TPSA) is 71.5 Å². The predicted octanol–water partition coefficient (Wildman–Crippen LogP) is 4.66. The second-order valence-electron chi connectivity index (χ2n) is 8.97. The molecule has 2 aromatic heterocycles. The lowest BCUT2D eigenvalue weighted by Crippen LogP contribution is -2.26. The fourth-order valence-electron chi connectivity index (χ4n) is 3.43. The van der Waals surface area contributed by atoms with E-state index in [2.05, 4.69) is 60.2 Å². The van der Waals surface area contributed by atoms with Gasteiger partial charge in [-0.1, -0.05) is 45.0 Å². The second kappa shape index (κ2) is 8.48. The maximum atomic E-state index is 12.3. The van der Waals surface area contributed by atoms with E-state index in [4.69, 9.17) is 8.83 Å². The Morgan fingerprint density at radius 1 is 1.13 bits per heavy atom. The van der Waals surface area contributed by atoms with Gasteiger partial charge in [0.2, 0.25) is 5.89 Å². The lowest BCUT2D eigenvalue weighted by molar-refractivity contribution is 0.0943. The number of benzene rings is 1. The first-order chi connectivity index (χ1) is 14.4. The molecule has 1 aliphatic rings. The molecule has 158 valence electrons. The Morgan fingerprint density at radius 3 is 2.53 bits per heavy atom. The Hall–Kier alpha value is -2.86. The molecule has 1 N–H and O–H groups in total. The Morgan fingerprint density at radius 2 is 1.90 bits per heavy atom. The highest BCUT2D eigenvalue weighted by atomic mass is 16.3. The SMILES string of the molecule is CC(C)(C)c1ccc(CN(Cc2nc(C(=O)NCc3ccco3)co2)C2CC2)cc1. The number of furan rings is 1. The minimum atomic E-state index is -0.267. The van der Waals surface area contributed by atoms with Crippen LogP contribution in [-0.4, -0.2) is 21.8 Å². The van der Waals surface area contributed by atoms with Crippen LogP contribution in [0.5, 0.6) is 0 Å². The van der Waals surface area contributed by atoms with Gasteiger partial charge < -0.3 is 14.2 Å². The van der Waals surface area contributed by atoms with Crippen LogP contribution in [0.25, 0.3) is 0 Å². The zero-order chi connectivity index (χ0) is 21.1. The molecule has 0 saturated heterocycles. The maximum Gasteiger partial charge on any atom is 0.273 e. The van der Waals surface area contributed by atoms with Crippen LogP contribution in [-0.2, 0) is 25.0 Å². The lowest BCUT2D eigenvalue weighted by atomic mass is 9.87. The van der Waals surface area contributed by atoms with Crippen LogP contribution in [0.15, 0.2) is 57.8 Å². The summed E-state index contributed by atoms with van der Waals surface area (Å²) in [5, 5.41) is 2.79. The first-order valence-corrected chi connectivity index (χ1v) is 10.5. The molecule has 2 heterocycles. The van der Waals surface area contributed by atoms with Gasteiger partial charge in [-0.3, -0.25) is 9.69 Å². The van der Waals surface area contributed by atoms with Crippen LogP contribution >= 0.6 is 0 Å². The number of rotatable bonds is 8. The molecule has 0 atom stereocenters. The fraction of sp³-hybridized carbons (Fsp3) is 0.417. The minimum absolute atomic E-state index is 0.153. The predicted molar refractivity (Wildman–Crippen MR) is 114 cm³/mol. The molecule has 1 saturated carbocycles. The van der Waals surface area contributed by atoms with Crippen molar-refractivity contribution in [3.8, 4) is 0 Å². The molecule has 0 aliphatic heterocycles. The van der Waals surface area contributed by atoms with Crippen molar-refractivity contribution < 1.29 is 13.6 Å². The number of aromatic nitrogens is 1. The summed E-state index contributed by atoms with van der Waals surface area (Å²) >= 11 is 0. The Kier molecular flexibility index (Phi) is 5.77. The summed E-state index contributed by atoms with van der Waals surface area (Å²) in [5.41, 5.74) is 3.06. The van der Waals surface area contributed by atoms with E-state index in [-0.39, 0.29) is 11.3 Å². The molecule has 0 radical (unpaired) electrons. The van der Waals surface area contributed by atoms with Gasteiger partial charge in [-0.15, -0.1) is 0 Å². The molecule has 1 amide bonds. The monoisotopic (exact) mass is 407 g/mol. The van der Waals surface area contributed by atoms with Crippen LogP contribution < -0.4 is 5.32 Å². The van der Waals surface area contributed by atoms with E-state index in [9.17, 15) is 4.79 Å². The number of amides is 1. The van der Waals surface area contributed by atoms with Crippen molar-refractivity contribution in [2.45, 2.75) is 64.7 Å². The van der Waals surface area contributed by atoms with Crippen molar-refractivity contribution in [2.24, 2.45) is 0 Å². The minimum Gasteiger partial charge on any atom is -0.467 e. The smallest absolute Gasteiger partial charge is 0.273 e. The van der Waals surface area contributed by atoms with E-state index in [1.165, 1.54) is 30.2 Å². The van der Waals surface area contributed by atoms with Gasteiger partial charge in [0.15, 0.2) is 5.69 Å². The standard InChI is InChI=1S/C24H29N3O3/c1-24(2,3)18-8-6-17(7-9-18)14-27(19-10-11-19)15-22-26-21(16-30-22)23(28)25-13-20-5-4-12-29-20/h4-9,12,16,19H,10-11,13-15H2,1-3H3,(H,25,28). The number of hydrogen-bond donors (Lipinski definition) is 1. The van der Waals surface area contributed by atoms with Crippen molar-refractivity contribution in [1.82, 2.24) is 15.2 Å². The Labute approximate surface area is 177 Å². The largest absolute Gasteiger partial charge is 0.467 e. The molecular weight excluding hydrogens is 378 g/mol. The first kappa shape index (κ1) is 20.4. The number of hydrogen-bond acceptors (Lipinski definition) is 5. The highest BCUT2D eigenvalue weighted by Gasteiger charge is 2.30. The summed E-state index contributed by atoms with van der Waals surface area (Å²) in [6, 6.07) is 13.0. The molecule has 1 aliphatic carbocycles. The van der Waals surface area contributed by atoms with Crippen LogP contribution in [0.4, 0.5) is 0 Å². The zero-order valence-corrected chi connectivity index (χ0v) is 17.9. The van der Waals surface area contributed by atoms with Gasteiger partial charge in [0, 0.05) is 12.6 Å². The highest BCUT2D eigenvalue weighted by molar-refractivity contribution is 5.91. The zero-order valence-electron chi connectivity index (χ0n) is 17.9. The number of carbonyl (C=O) groups is 1. The normalized spacial score (nSPS) is 14.3. The Balaban J connectivity index is 1.36. The van der Waals surface area contributed by atoms with Crippen LogP contribution in [0.3, 0.4) is 0 Å². The molecule has 1 fully saturated rings. The average Bonchev–Trinajstić information content (AvgIpc) is 3.22. The van der Waals surface area contributed by atoms with Gasteiger partial charge in [0.1, 0.15) is 12.0 Å². The van der Waals surface area contributed by atoms with E-state index in [0.717, 1.165) is 6.54 Å². The fourth-order valence-corrected chi connectivity index (χ4v) is 3.43. The van der Waals surface area contributed by atoms with Gasteiger partial charge in [0.25, 0.3) is 5.91 Å². The van der Waals surface area contributed by atoms with E-state index in [1.54, 1.807) is 12.3 Å². The molecule has 0 unspecified atom stereocenters. The third-order valence-corrected chi connectivity index (χ3v) is 5.39. The summed E-state index contributed by atoms with van der Waals surface area (Å²) < 4.78 is 10.8. The number of carbonyl (C=O) groups excluding carboxylic acids is 1. The molecular formula is C24H29N3O3. The first-order valence-electron chi connectivity index (χ1n) is 10.5. The molecule has 3 aromatic rings. The van der Waals surface area contributed by atoms with Crippen molar-refractivity contribution in [3.05, 3.63) is 77.4 Å². The molecule has 4 rings (SSSR count). The lowest BCUT2D eigenvalue weighted by Gasteiger charge is -2.22. The van der Waals surface area contributed by atoms with Gasteiger partial charge in [-0.05, 0) is 41.5 Å². The number of nitrogens with one attached hydrogen (secondary N) is 1.